The number of halogens is 2. The van der Waals surface area contributed by atoms with Crippen molar-refractivity contribution < 1.29 is 43.1 Å². The zero-order valence-corrected chi connectivity index (χ0v) is 31.1. The van der Waals surface area contributed by atoms with Gasteiger partial charge in [-0.1, -0.05) is 48.6 Å². The number of benzene rings is 2. The molecule has 0 aliphatic carbocycles. The van der Waals surface area contributed by atoms with E-state index in [1.54, 1.807) is 0 Å². The van der Waals surface area contributed by atoms with E-state index in [2.05, 4.69) is 170 Å². The summed E-state index contributed by atoms with van der Waals surface area (Å²) < 4.78 is 4.61. The van der Waals surface area contributed by atoms with Crippen LogP contribution in [0.1, 0.15) is 67.5 Å². The number of rotatable bonds is 14. The molecule has 0 N–H and O–H groups in total. The fourth-order valence-corrected chi connectivity index (χ4v) is 5.58. The molecule has 4 nitrogen and oxygen atoms in total. The molecule has 0 fully saturated rings. The quantitative estimate of drug-likeness (QED) is 0.184. The zero-order valence-electron chi connectivity index (χ0n) is 27.9. The number of aryl methyl sites for hydroxylation is 4. The van der Waals surface area contributed by atoms with E-state index in [0.29, 0.717) is 0 Å². The second-order valence-corrected chi connectivity index (χ2v) is 11.2. The monoisotopic (exact) mass is 732 g/mol. The van der Waals surface area contributed by atoms with Gasteiger partial charge in [0, 0.05) is 60.8 Å². The third kappa shape index (κ3) is 11.0. The predicted molar refractivity (Wildman–Crippen MR) is 185 cm³/mol. The molecule has 0 bridgehead atoms. The van der Waals surface area contributed by atoms with Crippen molar-refractivity contribution in [1.29, 1.82) is 0 Å². The number of aromatic nitrogens is 2. The summed E-state index contributed by atoms with van der Waals surface area (Å²) in [5.74, 6) is 0. The minimum Gasteiger partial charge on any atom is -1.00 e. The van der Waals surface area contributed by atoms with Crippen LogP contribution < -0.4 is 52.9 Å². The van der Waals surface area contributed by atoms with Gasteiger partial charge in [0.15, 0.2) is 37.9 Å². The van der Waals surface area contributed by atoms with Crippen LogP contribution in [0.2, 0.25) is 0 Å². The molecule has 0 saturated heterocycles. The molecule has 45 heavy (non-hydrogen) atoms. The Morgan fingerprint density at radius 1 is 0.511 bits per heavy atom. The van der Waals surface area contributed by atoms with E-state index in [1.165, 1.54) is 44.8 Å². The van der Waals surface area contributed by atoms with Crippen LogP contribution in [0.15, 0.2) is 85.5 Å². The second-order valence-electron chi connectivity index (χ2n) is 11.2. The zero-order chi connectivity index (χ0) is 30.6. The second kappa shape index (κ2) is 19.3. The normalized spacial score (nSPS) is 11.0. The Kier molecular flexibility index (Phi) is 16.3. The van der Waals surface area contributed by atoms with Crippen LogP contribution in [-0.2, 0) is 13.1 Å². The Labute approximate surface area is 293 Å². The third-order valence-corrected chi connectivity index (χ3v) is 8.31. The fourth-order valence-electron chi connectivity index (χ4n) is 5.58. The highest BCUT2D eigenvalue weighted by Gasteiger charge is 2.09. The average Bonchev–Trinajstić information content (AvgIpc) is 3.03. The van der Waals surface area contributed by atoms with Crippen molar-refractivity contribution in [2.24, 2.45) is 0 Å². The smallest absolute Gasteiger partial charge is 0.172 e. The summed E-state index contributed by atoms with van der Waals surface area (Å²) in [6, 6.07) is 22.1. The van der Waals surface area contributed by atoms with E-state index in [9.17, 15) is 0 Å². The molecule has 0 aliphatic rings. The van der Waals surface area contributed by atoms with Gasteiger partial charge in [-0.3, -0.25) is 0 Å². The topological polar surface area (TPSA) is 14.2 Å². The van der Waals surface area contributed by atoms with Crippen molar-refractivity contribution in [1.82, 2.24) is 0 Å². The lowest BCUT2D eigenvalue weighted by Crippen LogP contribution is -3.00. The standard InChI is InChI=1S/C39H50N4.2BrH/c1-7-42(8-2)38-20-14-34(15-21-38)12-18-36-24-28-40(30-32(36)5)26-11-27-41-29-25-37(33(6)31-41)19-13-35-16-22-39(23-17-35)43(9-3)10-4;;/h12-25,28-31H,7-11,26-27H2,1-6H3;2*1H/q+2;;/p-2. The molecule has 4 rings (SSSR count). The van der Waals surface area contributed by atoms with Crippen LogP contribution >= 0.6 is 0 Å². The van der Waals surface area contributed by atoms with E-state index in [1.807, 2.05) is 0 Å². The molecule has 0 aliphatic heterocycles. The van der Waals surface area contributed by atoms with E-state index in [0.717, 1.165) is 45.7 Å². The molecular formula is C39H50Br2N4. The lowest BCUT2D eigenvalue weighted by molar-refractivity contribution is -0.727. The van der Waals surface area contributed by atoms with Crippen LogP contribution in [-0.4, -0.2) is 26.2 Å². The summed E-state index contributed by atoms with van der Waals surface area (Å²) in [5.41, 5.74) is 10.1. The summed E-state index contributed by atoms with van der Waals surface area (Å²) in [5, 5.41) is 0. The highest BCUT2D eigenvalue weighted by molar-refractivity contribution is 5.72. The summed E-state index contributed by atoms with van der Waals surface area (Å²) in [6.45, 7) is 19.3. The van der Waals surface area contributed by atoms with Gasteiger partial charge in [-0.15, -0.1) is 0 Å². The van der Waals surface area contributed by atoms with E-state index in [-0.39, 0.29) is 34.0 Å². The molecule has 0 saturated carbocycles. The molecule has 6 heteroatoms. The Balaban J connectivity index is 0.00000353. The number of hydrogen-bond donors (Lipinski definition) is 0. The number of anilines is 2. The first-order chi connectivity index (χ1) is 20.9. The molecule has 2 heterocycles. The highest BCUT2D eigenvalue weighted by atomic mass is 79.9. The van der Waals surface area contributed by atoms with Gasteiger partial charge in [-0.2, -0.15) is 0 Å². The van der Waals surface area contributed by atoms with Crippen LogP contribution in [0.25, 0.3) is 24.3 Å². The first-order valence-electron chi connectivity index (χ1n) is 16.0. The average molecular weight is 735 g/mol. The summed E-state index contributed by atoms with van der Waals surface area (Å²) in [4.78, 5) is 4.74. The van der Waals surface area contributed by atoms with E-state index < -0.39 is 0 Å². The molecule has 4 aromatic rings. The van der Waals surface area contributed by atoms with Crippen LogP contribution in [0, 0.1) is 13.8 Å². The predicted octanol–water partition coefficient (Wildman–Crippen LogP) is 2.01. The third-order valence-electron chi connectivity index (χ3n) is 8.31. The van der Waals surface area contributed by atoms with Gasteiger partial charge >= 0.3 is 0 Å². The lowest BCUT2D eigenvalue weighted by atomic mass is 10.1. The molecule has 0 amide bonds. The molecule has 240 valence electrons. The lowest BCUT2D eigenvalue weighted by Gasteiger charge is -2.20. The maximum atomic E-state index is 2.37. The largest absolute Gasteiger partial charge is 1.00 e. The van der Waals surface area contributed by atoms with Crippen molar-refractivity contribution in [3.05, 3.63) is 119 Å². The molecule has 0 radical (unpaired) electrons. The van der Waals surface area contributed by atoms with Crippen LogP contribution in [0.4, 0.5) is 11.4 Å². The number of pyridine rings is 2. The van der Waals surface area contributed by atoms with Gasteiger partial charge in [-0.05, 0) is 88.1 Å². The molecule has 0 atom stereocenters. The van der Waals surface area contributed by atoms with Gasteiger partial charge < -0.3 is 43.8 Å². The molecule has 2 aromatic carbocycles. The summed E-state index contributed by atoms with van der Waals surface area (Å²) in [7, 11) is 0. The highest BCUT2D eigenvalue weighted by Crippen LogP contribution is 2.18. The summed E-state index contributed by atoms with van der Waals surface area (Å²) >= 11 is 0. The minimum atomic E-state index is 0. The fraction of sp³-hybridized carbons (Fsp3) is 0.333. The van der Waals surface area contributed by atoms with Gasteiger partial charge in [0.25, 0.3) is 0 Å². The van der Waals surface area contributed by atoms with Crippen molar-refractivity contribution >= 4 is 35.7 Å². The van der Waals surface area contributed by atoms with Gasteiger partial charge in [0.1, 0.15) is 0 Å². The Hall–Kier alpha value is -3.22. The van der Waals surface area contributed by atoms with Crippen molar-refractivity contribution in [3.8, 4) is 0 Å². The van der Waals surface area contributed by atoms with Gasteiger partial charge in [-0.25, -0.2) is 9.13 Å². The minimum absolute atomic E-state index is 0. The van der Waals surface area contributed by atoms with Crippen LogP contribution in [0.5, 0.6) is 0 Å². The first kappa shape index (κ1) is 38.0. The number of hydrogen-bond acceptors (Lipinski definition) is 2. The summed E-state index contributed by atoms with van der Waals surface area (Å²) in [6.07, 6.45) is 18.9. The van der Waals surface area contributed by atoms with Crippen molar-refractivity contribution in [2.75, 3.05) is 36.0 Å². The van der Waals surface area contributed by atoms with E-state index >= 15 is 0 Å². The van der Waals surface area contributed by atoms with E-state index in [4.69, 9.17) is 0 Å². The first-order valence-corrected chi connectivity index (χ1v) is 16.0. The molecule has 0 spiro atoms. The Morgan fingerprint density at radius 2 is 0.867 bits per heavy atom. The maximum absolute atomic E-state index is 2.37. The molecule has 0 unspecified atom stereocenters. The Bertz CT molecular complexity index is 1390. The Morgan fingerprint density at radius 3 is 1.18 bits per heavy atom. The molecular weight excluding hydrogens is 684 g/mol. The van der Waals surface area contributed by atoms with Crippen molar-refractivity contribution in [3.63, 3.8) is 0 Å². The number of nitrogens with zero attached hydrogens (tertiary/aromatic N) is 4. The van der Waals surface area contributed by atoms with Crippen LogP contribution in [0.3, 0.4) is 0 Å². The molecule has 2 aromatic heterocycles. The van der Waals surface area contributed by atoms with Gasteiger partial charge in [0.05, 0.1) is 6.42 Å². The van der Waals surface area contributed by atoms with Gasteiger partial charge in [0.2, 0.25) is 0 Å². The SMILES string of the molecule is CCN(CC)c1ccc(/C=C/c2cc[n+](CCC[n+]3ccc(/C=C/c4ccc(N(CC)CC)cc4)c(C)c3)cc2C)cc1.[Br-].[Br-]. The van der Waals surface area contributed by atoms with Crippen molar-refractivity contribution in [2.45, 2.75) is 61.1 Å². The maximum Gasteiger partial charge on any atom is 0.172 e.